The number of aromatic nitrogens is 2. The Morgan fingerprint density at radius 1 is 1.69 bits per heavy atom. The Morgan fingerprint density at radius 3 is 3.15 bits per heavy atom. The third-order valence-electron chi connectivity index (χ3n) is 1.65. The maximum absolute atomic E-state index is 10.9. The van der Waals surface area contributed by atoms with Crippen molar-refractivity contribution in [3.05, 3.63) is 29.5 Å². The first-order valence-corrected chi connectivity index (χ1v) is 3.90. The van der Waals surface area contributed by atoms with Crippen molar-refractivity contribution in [3.63, 3.8) is 0 Å². The van der Waals surface area contributed by atoms with E-state index in [0.29, 0.717) is 16.1 Å². The highest BCUT2D eigenvalue weighted by Crippen LogP contribution is 2.16. The Hall–Kier alpha value is -1.55. The van der Waals surface area contributed by atoms with Crippen LogP contribution in [0.2, 0.25) is 5.02 Å². The van der Waals surface area contributed by atoms with Gasteiger partial charge in [0.1, 0.15) is 5.65 Å². The van der Waals surface area contributed by atoms with E-state index in [1.54, 1.807) is 6.07 Å². The molecule has 0 spiro atoms. The van der Waals surface area contributed by atoms with Crippen LogP contribution in [0.4, 0.5) is 4.79 Å². The van der Waals surface area contributed by atoms with Crippen molar-refractivity contribution in [3.8, 4) is 0 Å². The topological polar surface area (TPSA) is 60.9 Å². The van der Waals surface area contributed by atoms with Crippen molar-refractivity contribution in [1.82, 2.24) is 9.55 Å². The maximum Gasteiger partial charge on any atom is 0.324 e. The number of carbonyl (C=O) groups is 1. The SMILES string of the molecule is NC(=O)n1c[c]c2cc(Cl)cnc21. The van der Waals surface area contributed by atoms with Gasteiger partial charge in [-0.25, -0.2) is 9.78 Å². The van der Waals surface area contributed by atoms with Crippen LogP contribution in [0.5, 0.6) is 0 Å². The molecular weight excluding hydrogens is 190 g/mol. The highest BCUT2D eigenvalue weighted by Gasteiger charge is 2.06. The van der Waals surface area contributed by atoms with Gasteiger partial charge in [0.05, 0.1) is 5.02 Å². The predicted molar refractivity (Wildman–Crippen MR) is 48.6 cm³/mol. The number of halogens is 1. The van der Waals surface area contributed by atoms with Gasteiger partial charge in [0.15, 0.2) is 0 Å². The Bertz CT molecular complexity index is 477. The van der Waals surface area contributed by atoms with Crippen molar-refractivity contribution < 1.29 is 4.79 Å². The summed E-state index contributed by atoms with van der Waals surface area (Å²) in [6.45, 7) is 0. The summed E-state index contributed by atoms with van der Waals surface area (Å²) < 4.78 is 1.21. The summed E-state index contributed by atoms with van der Waals surface area (Å²) in [6, 6.07) is 3.91. The summed E-state index contributed by atoms with van der Waals surface area (Å²) in [4.78, 5) is 14.8. The van der Waals surface area contributed by atoms with Crippen molar-refractivity contribution in [2.24, 2.45) is 5.73 Å². The zero-order chi connectivity index (χ0) is 9.42. The van der Waals surface area contributed by atoms with Gasteiger partial charge in [-0.15, -0.1) is 0 Å². The van der Waals surface area contributed by atoms with E-state index in [0.717, 1.165) is 0 Å². The fraction of sp³-hybridized carbons (Fsp3) is 0. The fourth-order valence-corrected chi connectivity index (χ4v) is 1.25. The quantitative estimate of drug-likeness (QED) is 0.690. The zero-order valence-electron chi connectivity index (χ0n) is 6.49. The second-order valence-electron chi connectivity index (χ2n) is 2.51. The van der Waals surface area contributed by atoms with Crippen molar-refractivity contribution in [2.45, 2.75) is 0 Å². The minimum Gasteiger partial charge on any atom is -0.351 e. The summed E-state index contributed by atoms with van der Waals surface area (Å²) in [5, 5.41) is 1.18. The molecule has 0 aliphatic rings. The Kier molecular flexibility index (Phi) is 1.70. The van der Waals surface area contributed by atoms with Crippen molar-refractivity contribution >= 4 is 28.7 Å². The number of hydrogen-bond acceptors (Lipinski definition) is 2. The number of primary amides is 1. The average Bonchev–Trinajstić information content (AvgIpc) is 2.46. The van der Waals surface area contributed by atoms with E-state index in [9.17, 15) is 4.79 Å². The Labute approximate surface area is 78.9 Å². The van der Waals surface area contributed by atoms with Crippen LogP contribution < -0.4 is 5.73 Å². The predicted octanol–water partition coefficient (Wildman–Crippen LogP) is 1.42. The molecule has 0 fully saturated rings. The van der Waals surface area contributed by atoms with E-state index < -0.39 is 6.03 Å². The summed E-state index contributed by atoms with van der Waals surface area (Å²) >= 11 is 5.70. The molecule has 0 aromatic carbocycles. The molecule has 0 bridgehead atoms. The minimum absolute atomic E-state index is 0.469. The number of rotatable bonds is 0. The monoisotopic (exact) mass is 194 g/mol. The van der Waals surface area contributed by atoms with Crippen molar-refractivity contribution in [1.29, 1.82) is 0 Å². The van der Waals surface area contributed by atoms with E-state index in [-0.39, 0.29) is 0 Å². The van der Waals surface area contributed by atoms with Crippen LogP contribution in [0.1, 0.15) is 0 Å². The highest BCUT2D eigenvalue weighted by molar-refractivity contribution is 6.31. The normalized spacial score (nSPS) is 10.5. The molecule has 0 saturated carbocycles. The fourth-order valence-electron chi connectivity index (χ4n) is 1.09. The van der Waals surface area contributed by atoms with Gasteiger partial charge in [-0.1, -0.05) is 11.6 Å². The van der Waals surface area contributed by atoms with Crippen LogP contribution in [-0.2, 0) is 0 Å². The molecule has 13 heavy (non-hydrogen) atoms. The van der Waals surface area contributed by atoms with Crippen LogP contribution in [0.3, 0.4) is 0 Å². The number of fused-ring (bicyclic) bond motifs is 1. The molecule has 2 heterocycles. The summed E-state index contributed by atoms with van der Waals surface area (Å²) in [5.74, 6) is 0. The van der Waals surface area contributed by atoms with Gasteiger partial charge < -0.3 is 5.73 Å². The lowest BCUT2D eigenvalue weighted by molar-refractivity contribution is 0.251. The van der Waals surface area contributed by atoms with E-state index >= 15 is 0 Å². The van der Waals surface area contributed by atoms with E-state index in [1.165, 1.54) is 17.0 Å². The second kappa shape index (κ2) is 2.74. The minimum atomic E-state index is -0.582. The van der Waals surface area contributed by atoms with Crippen LogP contribution in [0.15, 0.2) is 18.5 Å². The molecule has 0 saturated heterocycles. The van der Waals surface area contributed by atoms with E-state index in [1.807, 2.05) is 0 Å². The highest BCUT2D eigenvalue weighted by atomic mass is 35.5. The first kappa shape index (κ1) is 8.07. The molecule has 1 amide bonds. The molecule has 2 N–H and O–H groups in total. The third-order valence-corrected chi connectivity index (χ3v) is 1.85. The lowest BCUT2D eigenvalue weighted by Gasteiger charge is -1.96. The van der Waals surface area contributed by atoms with Gasteiger partial charge in [-0.2, -0.15) is 0 Å². The maximum atomic E-state index is 10.9. The molecule has 2 rings (SSSR count). The molecule has 0 aliphatic heterocycles. The first-order chi connectivity index (χ1) is 6.18. The number of nitrogens with two attached hydrogens (primary N) is 1. The summed E-state index contributed by atoms with van der Waals surface area (Å²) in [5.41, 5.74) is 5.56. The molecule has 0 atom stereocenters. The van der Waals surface area contributed by atoms with Crippen LogP contribution >= 0.6 is 11.6 Å². The summed E-state index contributed by atoms with van der Waals surface area (Å²) in [7, 11) is 0. The Morgan fingerprint density at radius 2 is 2.46 bits per heavy atom. The molecule has 2 aromatic rings. The second-order valence-corrected chi connectivity index (χ2v) is 2.94. The van der Waals surface area contributed by atoms with Crippen LogP contribution in [0.25, 0.3) is 11.0 Å². The standard InChI is InChI=1S/C8H5ClN3O/c9-6-3-5-1-2-12(8(10)13)7(5)11-4-6/h2-4H,(H2,10,13). The van der Waals surface area contributed by atoms with Crippen LogP contribution in [0, 0.1) is 6.07 Å². The molecule has 0 aliphatic carbocycles. The molecule has 5 heteroatoms. The van der Waals surface area contributed by atoms with Gasteiger partial charge in [0, 0.05) is 23.8 Å². The number of hydrogen-bond donors (Lipinski definition) is 1. The number of amides is 1. The number of carbonyl (C=O) groups excluding carboxylic acids is 1. The molecule has 4 nitrogen and oxygen atoms in total. The van der Waals surface area contributed by atoms with Gasteiger partial charge >= 0.3 is 6.03 Å². The van der Waals surface area contributed by atoms with Gasteiger partial charge in [0.25, 0.3) is 0 Å². The molecule has 1 radical (unpaired) electrons. The van der Waals surface area contributed by atoms with E-state index in [4.69, 9.17) is 17.3 Å². The third kappa shape index (κ3) is 1.25. The Balaban J connectivity index is 2.76. The van der Waals surface area contributed by atoms with Gasteiger partial charge in [-0.05, 0) is 6.07 Å². The zero-order valence-corrected chi connectivity index (χ0v) is 7.25. The first-order valence-electron chi connectivity index (χ1n) is 3.52. The molecular formula is C8H5ClN3O. The largest absolute Gasteiger partial charge is 0.351 e. The average molecular weight is 195 g/mol. The van der Waals surface area contributed by atoms with Gasteiger partial charge in [-0.3, -0.25) is 4.57 Å². The molecule has 0 unspecified atom stereocenters. The molecule has 65 valence electrons. The van der Waals surface area contributed by atoms with Crippen molar-refractivity contribution in [2.75, 3.05) is 0 Å². The van der Waals surface area contributed by atoms with Gasteiger partial charge in [0.2, 0.25) is 0 Å². The lowest BCUT2D eigenvalue weighted by atomic mass is 10.3. The smallest absolute Gasteiger partial charge is 0.324 e. The van der Waals surface area contributed by atoms with Crippen LogP contribution in [-0.4, -0.2) is 15.6 Å². The number of pyridine rings is 1. The number of nitrogens with zero attached hydrogens (tertiary/aromatic N) is 2. The lowest BCUT2D eigenvalue weighted by Crippen LogP contribution is -2.18. The summed E-state index contributed by atoms with van der Waals surface area (Å²) in [6.07, 6.45) is 2.90. The van der Waals surface area contributed by atoms with E-state index in [2.05, 4.69) is 11.1 Å². The molecule has 2 aromatic heterocycles.